The third-order valence-electron chi connectivity index (χ3n) is 5.07. The molecule has 1 heterocycles. The predicted octanol–water partition coefficient (Wildman–Crippen LogP) is 2.50. The van der Waals surface area contributed by atoms with E-state index >= 15 is 0 Å². The SMILES string of the molecule is Cc1ccc(S(=O)(=O)N2CC(C)(C)[C@H](O)[C@H]2C(=O)OCc2ccccc2)cc1. The summed E-state index contributed by atoms with van der Waals surface area (Å²) in [5, 5.41) is 10.7. The zero-order chi connectivity index (χ0) is 20.5. The standard InChI is InChI=1S/C21H25NO5S/c1-15-9-11-17(12-10-15)28(25,26)22-14-21(2,3)19(23)18(22)20(24)27-13-16-7-5-4-6-8-16/h4-12,18-19,23H,13-14H2,1-3H3/t18-,19+/m0/s1. The van der Waals surface area contributed by atoms with Gasteiger partial charge in [0.25, 0.3) is 0 Å². The Bertz CT molecular complexity index is 939. The van der Waals surface area contributed by atoms with Crippen molar-refractivity contribution in [2.24, 2.45) is 5.41 Å². The smallest absolute Gasteiger partial charge is 0.327 e. The van der Waals surface area contributed by atoms with Crippen LogP contribution in [0, 0.1) is 12.3 Å². The quantitative estimate of drug-likeness (QED) is 0.776. The molecule has 0 aliphatic carbocycles. The van der Waals surface area contributed by atoms with Gasteiger partial charge in [0.15, 0.2) is 0 Å². The summed E-state index contributed by atoms with van der Waals surface area (Å²) in [5.74, 6) is -0.752. The lowest BCUT2D eigenvalue weighted by Crippen LogP contribution is -2.46. The van der Waals surface area contributed by atoms with Gasteiger partial charge in [0.1, 0.15) is 12.6 Å². The summed E-state index contributed by atoms with van der Waals surface area (Å²) >= 11 is 0. The van der Waals surface area contributed by atoms with Gasteiger partial charge in [-0.2, -0.15) is 4.31 Å². The molecule has 7 heteroatoms. The zero-order valence-corrected chi connectivity index (χ0v) is 17.0. The molecule has 1 saturated heterocycles. The number of carbonyl (C=O) groups excluding carboxylic acids is 1. The molecule has 1 fully saturated rings. The first kappa shape index (κ1) is 20.5. The Morgan fingerprint density at radius 1 is 1.14 bits per heavy atom. The lowest BCUT2D eigenvalue weighted by Gasteiger charge is -2.24. The van der Waals surface area contributed by atoms with E-state index in [2.05, 4.69) is 0 Å². The summed E-state index contributed by atoms with van der Waals surface area (Å²) in [5.41, 5.74) is 0.934. The lowest BCUT2D eigenvalue weighted by molar-refractivity contribution is -0.152. The van der Waals surface area contributed by atoms with Crippen molar-refractivity contribution in [1.82, 2.24) is 4.31 Å². The Labute approximate surface area is 165 Å². The van der Waals surface area contributed by atoms with Gasteiger partial charge in [0.05, 0.1) is 11.0 Å². The predicted molar refractivity (Wildman–Crippen MR) is 105 cm³/mol. The molecule has 0 amide bonds. The normalized spacial score (nSPS) is 22.1. The third-order valence-corrected chi connectivity index (χ3v) is 6.91. The second-order valence-electron chi connectivity index (χ2n) is 7.83. The lowest BCUT2D eigenvalue weighted by atomic mass is 9.87. The molecule has 150 valence electrons. The molecule has 0 radical (unpaired) electrons. The molecule has 2 aromatic carbocycles. The van der Waals surface area contributed by atoms with E-state index in [1.165, 1.54) is 12.1 Å². The van der Waals surface area contributed by atoms with Gasteiger partial charge in [0, 0.05) is 12.0 Å². The molecular weight excluding hydrogens is 378 g/mol. The zero-order valence-electron chi connectivity index (χ0n) is 16.2. The molecule has 2 aromatic rings. The number of aliphatic hydroxyl groups is 1. The molecule has 28 heavy (non-hydrogen) atoms. The number of hydrogen-bond acceptors (Lipinski definition) is 5. The van der Waals surface area contributed by atoms with Crippen molar-refractivity contribution in [3.8, 4) is 0 Å². The highest BCUT2D eigenvalue weighted by Gasteiger charge is 2.54. The van der Waals surface area contributed by atoms with Crippen LogP contribution < -0.4 is 0 Å². The molecule has 0 bridgehead atoms. The van der Waals surface area contributed by atoms with Crippen molar-refractivity contribution in [3.63, 3.8) is 0 Å². The fourth-order valence-corrected chi connectivity index (χ4v) is 5.07. The molecule has 1 N–H and O–H groups in total. The summed E-state index contributed by atoms with van der Waals surface area (Å²) < 4.78 is 32.8. The number of hydrogen-bond donors (Lipinski definition) is 1. The van der Waals surface area contributed by atoms with E-state index in [4.69, 9.17) is 4.74 Å². The van der Waals surface area contributed by atoms with E-state index in [9.17, 15) is 18.3 Å². The minimum Gasteiger partial charge on any atom is -0.460 e. The van der Waals surface area contributed by atoms with Crippen LogP contribution in [0.3, 0.4) is 0 Å². The maximum absolute atomic E-state index is 13.2. The molecule has 0 spiro atoms. The number of ether oxygens (including phenoxy) is 1. The van der Waals surface area contributed by atoms with Crippen LogP contribution in [0.2, 0.25) is 0 Å². The van der Waals surface area contributed by atoms with Crippen LogP contribution in [-0.2, 0) is 26.2 Å². The Morgan fingerprint density at radius 3 is 2.36 bits per heavy atom. The van der Waals surface area contributed by atoms with Crippen LogP contribution in [0.5, 0.6) is 0 Å². The second-order valence-corrected chi connectivity index (χ2v) is 9.73. The van der Waals surface area contributed by atoms with E-state index < -0.39 is 33.6 Å². The number of aliphatic hydroxyl groups excluding tert-OH is 1. The van der Waals surface area contributed by atoms with Crippen molar-refractivity contribution >= 4 is 16.0 Å². The molecule has 0 aromatic heterocycles. The van der Waals surface area contributed by atoms with Gasteiger partial charge in [-0.1, -0.05) is 61.9 Å². The van der Waals surface area contributed by atoms with Crippen molar-refractivity contribution in [2.75, 3.05) is 6.54 Å². The minimum atomic E-state index is -3.96. The molecule has 0 unspecified atom stereocenters. The molecule has 0 saturated carbocycles. The highest BCUT2D eigenvalue weighted by Crippen LogP contribution is 2.38. The van der Waals surface area contributed by atoms with Crippen LogP contribution in [-0.4, -0.2) is 42.5 Å². The number of nitrogens with zero attached hydrogens (tertiary/aromatic N) is 1. The van der Waals surface area contributed by atoms with Crippen LogP contribution in [0.1, 0.15) is 25.0 Å². The maximum Gasteiger partial charge on any atom is 0.327 e. The number of benzene rings is 2. The van der Waals surface area contributed by atoms with Gasteiger partial charge >= 0.3 is 5.97 Å². The number of rotatable bonds is 5. The molecule has 3 rings (SSSR count). The molecule has 1 aliphatic heterocycles. The second kappa shape index (κ2) is 7.66. The summed E-state index contributed by atoms with van der Waals surface area (Å²) in [6.07, 6.45) is -1.17. The summed E-state index contributed by atoms with van der Waals surface area (Å²) in [6, 6.07) is 14.3. The van der Waals surface area contributed by atoms with Crippen LogP contribution in [0.15, 0.2) is 59.5 Å². The number of carbonyl (C=O) groups is 1. The molecule has 1 aliphatic rings. The molecular formula is C21H25NO5S. The average Bonchev–Trinajstić information content (AvgIpc) is 2.91. The van der Waals surface area contributed by atoms with E-state index in [1.54, 1.807) is 26.0 Å². The summed E-state index contributed by atoms with van der Waals surface area (Å²) in [4.78, 5) is 12.9. The number of aryl methyl sites for hydroxylation is 1. The topological polar surface area (TPSA) is 83.9 Å². The van der Waals surface area contributed by atoms with Gasteiger partial charge in [-0.15, -0.1) is 0 Å². The molecule has 6 nitrogen and oxygen atoms in total. The highest BCUT2D eigenvalue weighted by atomic mass is 32.2. The summed E-state index contributed by atoms with van der Waals surface area (Å²) in [7, 11) is -3.96. The van der Waals surface area contributed by atoms with Gasteiger partial charge in [0.2, 0.25) is 10.0 Å². The van der Waals surface area contributed by atoms with Crippen LogP contribution in [0.25, 0.3) is 0 Å². The third kappa shape index (κ3) is 3.97. The highest BCUT2D eigenvalue weighted by molar-refractivity contribution is 7.89. The van der Waals surface area contributed by atoms with Gasteiger partial charge < -0.3 is 9.84 Å². The fraction of sp³-hybridized carbons (Fsp3) is 0.381. The first-order chi connectivity index (χ1) is 13.1. The van der Waals surface area contributed by atoms with Crippen LogP contribution >= 0.6 is 0 Å². The van der Waals surface area contributed by atoms with Gasteiger partial charge in [-0.3, -0.25) is 4.79 Å². The summed E-state index contributed by atoms with van der Waals surface area (Å²) in [6.45, 7) is 5.37. The Morgan fingerprint density at radius 2 is 1.75 bits per heavy atom. The minimum absolute atomic E-state index is 0.0156. The maximum atomic E-state index is 13.2. The Kier molecular flexibility index (Phi) is 5.61. The first-order valence-corrected chi connectivity index (χ1v) is 10.5. The van der Waals surface area contributed by atoms with E-state index in [1.807, 2.05) is 37.3 Å². The average molecular weight is 404 g/mol. The van der Waals surface area contributed by atoms with E-state index in [-0.39, 0.29) is 18.0 Å². The van der Waals surface area contributed by atoms with Crippen molar-refractivity contribution < 1.29 is 23.1 Å². The monoisotopic (exact) mass is 403 g/mol. The van der Waals surface area contributed by atoms with Gasteiger partial charge in [-0.05, 0) is 24.6 Å². The number of esters is 1. The van der Waals surface area contributed by atoms with Crippen molar-refractivity contribution in [1.29, 1.82) is 0 Å². The van der Waals surface area contributed by atoms with Crippen LogP contribution in [0.4, 0.5) is 0 Å². The Balaban J connectivity index is 1.88. The van der Waals surface area contributed by atoms with E-state index in [0.29, 0.717) is 0 Å². The molecule has 2 atom stereocenters. The van der Waals surface area contributed by atoms with Crippen molar-refractivity contribution in [2.45, 2.75) is 44.4 Å². The Hall–Kier alpha value is -2.22. The van der Waals surface area contributed by atoms with Gasteiger partial charge in [-0.25, -0.2) is 8.42 Å². The largest absolute Gasteiger partial charge is 0.460 e. The first-order valence-electron chi connectivity index (χ1n) is 9.10. The van der Waals surface area contributed by atoms with E-state index in [0.717, 1.165) is 15.4 Å². The van der Waals surface area contributed by atoms with Crippen molar-refractivity contribution in [3.05, 3.63) is 65.7 Å². The fourth-order valence-electron chi connectivity index (χ4n) is 3.32. The number of sulfonamides is 1.